The fourth-order valence-electron chi connectivity index (χ4n) is 3.30. The molecule has 5 heteroatoms. The quantitative estimate of drug-likeness (QED) is 0.792. The van der Waals surface area contributed by atoms with Gasteiger partial charge >= 0.3 is 0 Å². The van der Waals surface area contributed by atoms with Gasteiger partial charge in [0.05, 0.1) is 12.3 Å². The van der Waals surface area contributed by atoms with E-state index in [-0.39, 0.29) is 12.1 Å². The summed E-state index contributed by atoms with van der Waals surface area (Å²) in [6, 6.07) is 8.29. The highest BCUT2D eigenvalue weighted by Gasteiger charge is 2.39. The SMILES string of the molecule is CS(=O)(=O)OC1Cc2ccccc2C1N1CCCC1. The molecule has 1 aromatic carbocycles. The van der Waals surface area contributed by atoms with Crippen LogP contribution in [0.25, 0.3) is 0 Å². The summed E-state index contributed by atoms with van der Waals surface area (Å²) in [5.74, 6) is 0. The average Bonchev–Trinajstić information content (AvgIpc) is 2.92. The van der Waals surface area contributed by atoms with Crippen LogP contribution in [-0.2, 0) is 20.7 Å². The summed E-state index contributed by atoms with van der Waals surface area (Å²) in [4.78, 5) is 2.36. The van der Waals surface area contributed by atoms with Crippen molar-refractivity contribution in [2.24, 2.45) is 0 Å². The molecule has 1 aliphatic carbocycles. The molecule has 4 nitrogen and oxygen atoms in total. The van der Waals surface area contributed by atoms with Crippen molar-refractivity contribution in [2.75, 3.05) is 19.3 Å². The van der Waals surface area contributed by atoms with Crippen LogP contribution in [0.3, 0.4) is 0 Å². The van der Waals surface area contributed by atoms with Gasteiger partial charge in [0.1, 0.15) is 6.10 Å². The molecule has 2 aliphatic rings. The number of likely N-dealkylation sites (tertiary alicyclic amines) is 1. The maximum absolute atomic E-state index is 11.5. The Hall–Kier alpha value is -0.910. The minimum Gasteiger partial charge on any atom is -0.294 e. The summed E-state index contributed by atoms with van der Waals surface area (Å²) >= 11 is 0. The third kappa shape index (κ3) is 2.68. The van der Waals surface area contributed by atoms with Gasteiger partial charge in [-0.15, -0.1) is 0 Å². The molecule has 1 aliphatic heterocycles. The zero-order chi connectivity index (χ0) is 13.5. The molecule has 0 saturated carbocycles. The Morgan fingerprint density at radius 2 is 1.89 bits per heavy atom. The van der Waals surface area contributed by atoms with Crippen LogP contribution in [0.5, 0.6) is 0 Å². The van der Waals surface area contributed by atoms with E-state index in [1.807, 2.05) is 12.1 Å². The summed E-state index contributed by atoms with van der Waals surface area (Å²) in [6.45, 7) is 2.06. The van der Waals surface area contributed by atoms with Crippen LogP contribution in [0.2, 0.25) is 0 Å². The Kier molecular flexibility index (Phi) is 3.37. The molecule has 104 valence electrons. The predicted octanol–water partition coefficient (Wildman–Crippen LogP) is 1.72. The standard InChI is InChI=1S/C14H19NO3S/c1-19(16,17)18-13-10-11-6-2-3-7-12(11)14(13)15-8-4-5-9-15/h2-3,6-7,13-14H,4-5,8-10H2,1H3. The van der Waals surface area contributed by atoms with Gasteiger partial charge in [-0.2, -0.15) is 8.42 Å². The number of hydrogen-bond acceptors (Lipinski definition) is 4. The molecule has 1 aromatic rings. The smallest absolute Gasteiger partial charge is 0.264 e. The summed E-state index contributed by atoms with van der Waals surface area (Å²) in [5.41, 5.74) is 2.45. The van der Waals surface area contributed by atoms with Crippen molar-refractivity contribution in [2.45, 2.75) is 31.4 Å². The van der Waals surface area contributed by atoms with Crippen molar-refractivity contribution in [1.82, 2.24) is 4.90 Å². The van der Waals surface area contributed by atoms with E-state index in [4.69, 9.17) is 4.18 Å². The van der Waals surface area contributed by atoms with Crippen LogP contribution in [0.4, 0.5) is 0 Å². The highest BCUT2D eigenvalue weighted by Crippen LogP contribution is 2.39. The molecule has 0 aromatic heterocycles. The molecular formula is C14H19NO3S. The van der Waals surface area contributed by atoms with Crippen LogP contribution in [-0.4, -0.2) is 38.8 Å². The van der Waals surface area contributed by atoms with Gasteiger partial charge in [0.2, 0.25) is 0 Å². The Morgan fingerprint density at radius 3 is 2.58 bits per heavy atom. The molecule has 0 spiro atoms. The summed E-state index contributed by atoms with van der Waals surface area (Å²) in [5, 5.41) is 0. The normalized spacial score (nSPS) is 27.6. The lowest BCUT2D eigenvalue weighted by atomic mass is 10.1. The van der Waals surface area contributed by atoms with Crippen molar-refractivity contribution in [3.05, 3.63) is 35.4 Å². The molecule has 2 atom stereocenters. The second-order valence-corrected chi connectivity index (χ2v) is 7.03. The number of fused-ring (bicyclic) bond motifs is 1. The first-order chi connectivity index (χ1) is 9.04. The van der Waals surface area contributed by atoms with Crippen molar-refractivity contribution < 1.29 is 12.6 Å². The van der Waals surface area contributed by atoms with Gasteiger partial charge in [-0.05, 0) is 37.1 Å². The van der Waals surface area contributed by atoms with Crippen molar-refractivity contribution in [3.63, 3.8) is 0 Å². The van der Waals surface area contributed by atoms with Crippen molar-refractivity contribution in [3.8, 4) is 0 Å². The predicted molar refractivity (Wildman–Crippen MR) is 73.4 cm³/mol. The van der Waals surface area contributed by atoms with Crippen LogP contribution < -0.4 is 0 Å². The van der Waals surface area contributed by atoms with E-state index >= 15 is 0 Å². The average molecular weight is 281 g/mol. The molecule has 0 bridgehead atoms. The van der Waals surface area contributed by atoms with E-state index in [1.54, 1.807) is 0 Å². The lowest BCUT2D eigenvalue weighted by Crippen LogP contribution is -2.34. The van der Waals surface area contributed by atoms with Gasteiger partial charge in [-0.3, -0.25) is 9.08 Å². The van der Waals surface area contributed by atoms with Gasteiger partial charge in [0, 0.05) is 6.42 Å². The lowest BCUT2D eigenvalue weighted by Gasteiger charge is -2.29. The number of hydrogen-bond donors (Lipinski definition) is 0. The topological polar surface area (TPSA) is 46.6 Å². The Balaban J connectivity index is 1.93. The fourth-order valence-corrected chi connectivity index (χ4v) is 3.92. The molecule has 1 saturated heterocycles. The number of benzene rings is 1. The second kappa shape index (κ2) is 4.89. The van der Waals surface area contributed by atoms with Crippen LogP contribution >= 0.6 is 0 Å². The first-order valence-corrected chi connectivity index (χ1v) is 8.56. The third-order valence-corrected chi connectivity index (χ3v) is 4.58. The van der Waals surface area contributed by atoms with Gasteiger partial charge in [-0.1, -0.05) is 24.3 Å². The molecule has 1 fully saturated rings. The molecule has 1 heterocycles. The maximum Gasteiger partial charge on any atom is 0.264 e. The minimum absolute atomic E-state index is 0.0911. The number of rotatable bonds is 3. The molecule has 0 N–H and O–H groups in total. The van der Waals surface area contributed by atoms with E-state index in [9.17, 15) is 8.42 Å². The van der Waals surface area contributed by atoms with E-state index < -0.39 is 10.1 Å². The van der Waals surface area contributed by atoms with E-state index in [0.717, 1.165) is 19.3 Å². The molecule has 19 heavy (non-hydrogen) atoms. The Labute approximate surface area is 114 Å². The Bertz CT molecular complexity index is 564. The minimum atomic E-state index is -3.41. The van der Waals surface area contributed by atoms with E-state index in [0.29, 0.717) is 6.42 Å². The zero-order valence-electron chi connectivity index (χ0n) is 11.1. The summed E-state index contributed by atoms with van der Waals surface area (Å²) < 4.78 is 28.3. The Morgan fingerprint density at radius 1 is 1.21 bits per heavy atom. The monoisotopic (exact) mass is 281 g/mol. The molecule has 2 unspecified atom stereocenters. The molecular weight excluding hydrogens is 262 g/mol. The van der Waals surface area contributed by atoms with Crippen LogP contribution in [0.1, 0.15) is 30.0 Å². The molecule has 0 amide bonds. The summed E-state index contributed by atoms with van der Waals surface area (Å²) in [7, 11) is -3.41. The number of nitrogens with zero attached hydrogens (tertiary/aromatic N) is 1. The lowest BCUT2D eigenvalue weighted by molar-refractivity contribution is 0.100. The van der Waals surface area contributed by atoms with Crippen LogP contribution in [0, 0.1) is 0 Å². The molecule has 3 rings (SSSR count). The third-order valence-electron chi connectivity index (χ3n) is 3.98. The van der Waals surface area contributed by atoms with Gasteiger partial charge in [-0.25, -0.2) is 0 Å². The van der Waals surface area contributed by atoms with E-state index in [2.05, 4.69) is 17.0 Å². The van der Waals surface area contributed by atoms with Gasteiger partial charge < -0.3 is 0 Å². The van der Waals surface area contributed by atoms with Gasteiger partial charge in [0.25, 0.3) is 10.1 Å². The zero-order valence-corrected chi connectivity index (χ0v) is 11.9. The second-order valence-electron chi connectivity index (χ2n) is 5.43. The first-order valence-electron chi connectivity index (χ1n) is 6.75. The maximum atomic E-state index is 11.5. The summed E-state index contributed by atoms with van der Waals surface area (Å²) in [6.07, 6.45) is 3.92. The fraction of sp³-hybridized carbons (Fsp3) is 0.571. The van der Waals surface area contributed by atoms with E-state index in [1.165, 1.54) is 24.0 Å². The van der Waals surface area contributed by atoms with Crippen LogP contribution in [0.15, 0.2) is 24.3 Å². The van der Waals surface area contributed by atoms with Crippen molar-refractivity contribution >= 4 is 10.1 Å². The highest BCUT2D eigenvalue weighted by molar-refractivity contribution is 7.86. The first kappa shape index (κ1) is 13.1. The van der Waals surface area contributed by atoms with Crippen molar-refractivity contribution in [1.29, 1.82) is 0 Å². The van der Waals surface area contributed by atoms with Gasteiger partial charge in [0.15, 0.2) is 0 Å². The largest absolute Gasteiger partial charge is 0.294 e. The molecule has 0 radical (unpaired) electrons. The highest BCUT2D eigenvalue weighted by atomic mass is 32.2.